The first-order valence-electron chi connectivity index (χ1n) is 6.74. The lowest BCUT2D eigenvalue weighted by atomic mass is 9.85. The van der Waals surface area contributed by atoms with Gasteiger partial charge in [-0.3, -0.25) is 4.79 Å². The van der Waals surface area contributed by atoms with Crippen molar-refractivity contribution in [1.82, 2.24) is 0 Å². The maximum absolute atomic E-state index is 12.4. The SMILES string of the molecule is NCC1(C(=O)Nc2cccc(NC(N)=O)c2)CCCC1. The molecule has 20 heavy (non-hydrogen) atoms. The van der Waals surface area contributed by atoms with Gasteiger partial charge in [0.15, 0.2) is 0 Å². The van der Waals surface area contributed by atoms with Gasteiger partial charge in [-0.1, -0.05) is 18.9 Å². The highest BCUT2D eigenvalue weighted by molar-refractivity contribution is 5.96. The standard InChI is InChI=1S/C14H20N4O2/c15-9-14(6-1-2-7-14)12(19)17-10-4-3-5-11(8-10)18-13(16)20/h3-5,8H,1-2,6-7,9,15H2,(H,17,19)(H3,16,18,20). The number of anilines is 2. The molecule has 108 valence electrons. The van der Waals surface area contributed by atoms with Gasteiger partial charge in [0, 0.05) is 17.9 Å². The van der Waals surface area contributed by atoms with E-state index in [1.807, 2.05) is 0 Å². The summed E-state index contributed by atoms with van der Waals surface area (Å²) in [5.41, 5.74) is 11.6. The van der Waals surface area contributed by atoms with Crippen molar-refractivity contribution < 1.29 is 9.59 Å². The van der Waals surface area contributed by atoms with Crippen LogP contribution in [0.1, 0.15) is 25.7 Å². The zero-order valence-electron chi connectivity index (χ0n) is 11.3. The lowest BCUT2D eigenvalue weighted by Crippen LogP contribution is -2.40. The molecule has 6 nitrogen and oxygen atoms in total. The van der Waals surface area contributed by atoms with E-state index in [-0.39, 0.29) is 5.91 Å². The van der Waals surface area contributed by atoms with Crippen molar-refractivity contribution in [3.05, 3.63) is 24.3 Å². The molecule has 0 atom stereocenters. The first kappa shape index (κ1) is 14.3. The number of nitrogens with one attached hydrogen (secondary N) is 2. The Morgan fingerprint density at radius 3 is 2.30 bits per heavy atom. The number of primary amides is 1. The van der Waals surface area contributed by atoms with Gasteiger partial charge < -0.3 is 22.1 Å². The molecule has 0 bridgehead atoms. The first-order chi connectivity index (χ1) is 9.55. The largest absolute Gasteiger partial charge is 0.351 e. The van der Waals surface area contributed by atoms with Crippen molar-refractivity contribution in [3.63, 3.8) is 0 Å². The molecule has 1 fully saturated rings. The Kier molecular flexibility index (Phi) is 4.24. The molecule has 2 rings (SSSR count). The summed E-state index contributed by atoms with van der Waals surface area (Å²) in [5.74, 6) is -0.0475. The van der Waals surface area contributed by atoms with Crippen molar-refractivity contribution in [2.75, 3.05) is 17.2 Å². The topological polar surface area (TPSA) is 110 Å². The average Bonchev–Trinajstić information content (AvgIpc) is 2.88. The van der Waals surface area contributed by atoms with E-state index in [4.69, 9.17) is 11.5 Å². The molecule has 6 N–H and O–H groups in total. The van der Waals surface area contributed by atoms with Crippen LogP contribution >= 0.6 is 0 Å². The number of carbonyl (C=O) groups excluding carboxylic acids is 2. The molecule has 3 amide bonds. The quantitative estimate of drug-likeness (QED) is 0.670. The van der Waals surface area contributed by atoms with E-state index in [0.717, 1.165) is 25.7 Å². The Morgan fingerprint density at radius 2 is 1.75 bits per heavy atom. The molecule has 0 heterocycles. The molecule has 1 aliphatic carbocycles. The van der Waals surface area contributed by atoms with Gasteiger partial charge in [-0.25, -0.2) is 4.79 Å². The van der Waals surface area contributed by atoms with Gasteiger partial charge in [0.05, 0.1) is 5.41 Å². The fourth-order valence-electron chi connectivity index (χ4n) is 2.66. The predicted octanol–water partition coefficient (Wildman–Crippen LogP) is 1.63. The molecular weight excluding hydrogens is 256 g/mol. The van der Waals surface area contributed by atoms with Crippen LogP contribution in [0.4, 0.5) is 16.2 Å². The smallest absolute Gasteiger partial charge is 0.316 e. The summed E-state index contributed by atoms with van der Waals surface area (Å²) in [6.45, 7) is 0.359. The van der Waals surface area contributed by atoms with Gasteiger partial charge in [-0.15, -0.1) is 0 Å². The van der Waals surface area contributed by atoms with Gasteiger partial charge in [-0.2, -0.15) is 0 Å². The number of urea groups is 1. The summed E-state index contributed by atoms with van der Waals surface area (Å²) < 4.78 is 0. The normalized spacial score (nSPS) is 16.6. The molecule has 0 aliphatic heterocycles. The molecule has 0 aromatic heterocycles. The van der Waals surface area contributed by atoms with E-state index in [1.54, 1.807) is 24.3 Å². The summed E-state index contributed by atoms with van der Waals surface area (Å²) in [6, 6.07) is 6.24. The van der Waals surface area contributed by atoms with Gasteiger partial charge in [-0.05, 0) is 31.0 Å². The van der Waals surface area contributed by atoms with Crippen LogP contribution in [-0.4, -0.2) is 18.5 Å². The number of benzene rings is 1. The highest BCUT2D eigenvalue weighted by Gasteiger charge is 2.39. The van der Waals surface area contributed by atoms with E-state index < -0.39 is 11.4 Å². The van der Waals surface area contributed by atoms with Gasteiger partial charge >= 0.3 is 6.03 Å². The third kappa shape index (κ3) is 3.08. The molecule has 1 aliphatic rings. The van der Waals surface area contributed by atoms with E-state index in [9.17, 15) is 9.59 Å². The van der Waals surface area contributed by atoms with E-state index in [2.05, 4.69) is 10.6 Å². The summed E-state index contributed by atoms with van der Waals surface area (Å²) in [6.07, 6.45) is 3.73. The van der Waals surface area contributed by atoms with E-state index >= 15 is 0 Å². The predicted molar refractivity (Wildman–Crippen MR) is 78.2 cm³/mol. The van der Waals surface area contributed by atoms with Crippen LogP contribution < -0.4 is 22.1 Å². The van der Waals surface area contributed by atoms with Crippen LogP contribution in [0.15, 0.2) is 24.3 Å². The molecule has 1 aromatic carbocycles. The molecule has 1 aromatic rings. The molecule has 0 radical (unpaired) electrons. The lowest BCUT2D eigenvalue weighted by Gasteiger charge is -2.25. The number of nitrogens with two attached hydrogens (primary N) is 2. The fraction of sp³-hybridized carbons (Fsp3) is 0.429. The number of hydrogen-bond acceptors (Lipinski definition) is 3. The zero-order chi connectivity index (χ0) is 14.6. The van der Waals surface area contributed by atoms with Gasteiger partial charge in [0.1, 0.15) is 0 Å². The first-order valence-corrected chi connectivity index (χ1v) is 6.74. The van der Waals surface area contributed by atoms with Crippen LogP contribution in [0.25, 0.3) is 0 Å². The summed E-state index contributed by atoms with van der Waals surface area (Å²) in [5, 5.41) is 5.35. The maximum Gasteiger partial charge on any atom is 0.316 e. The highest BCUT2D eigenvalue weighted by atomic mass is 16.2. The van der Waals surface area contributed by atoms with Gasteiger partial charge in [0.25, 0.3) is 0 Å². The van der Waals surface area contributed by atoms with Crippen molar-refractivity contribution >= 4 is 23.3 Å². The van der Waals surface area contributed by atoms with Crippen LogP contribution in [0.5, 0.6) is 0 Å². The van der Waals surface area contributed by atoms with Crippen LogP contribution in [0.2, 0.25) is 0 Å². The molecule has 0 spiro atoms. The maximum atomic E-state index is 12.4. The summed E-state index contributed by atoms with van der Waals surface area (Å²) in [7, 11) is 0. The van der Waals surface area contributed by atoms with Crippen LogP contribution in [-0.2, 0) is 4.79 Å². The summed E-state index contributed by atoms with van der Waals surface area (Å²) >= 11 is 0. The third-order valence-electron chi connectivity index (χ3n) is 3.82. The van der Waals surface area contributed by atoms with E-state index in [1.165, 1.54) is 0 Å². The molecule has 6 heteroatoms. The van der Waals surface area contributed by atoms with Crippen molar-refractivity contribution in [2.24, 2.45) is 16.9 Å². The lowest BCUT2D eigenvalue weighted by molar-refractivity contribution is -0.124. The monoisotopic (exact) mass is 276 g/mol. The average molecular weight is 276 g/mol. The minimum absolute atomic E-state index is 0.0475. The summed E-state index contributed by atoms with van der Waals surface area (Å²) in [4.78, 5) is 23.2. The Hall–Kier alpha value is -2.08. The second-order valence-corrected chi connectivity index (χ2v) is 5.22. The molecular formula is C14H20N4O2. The molecule has 0 saturated heterocycles. The number of hydrogen-bond donors (Lipinski definition) is 4. The van der Waals surface area contributed by atoms with Crippen molar-refractivity contribution in [1.29, 1.82) is 0 Å². The second-order valence-electron chi connectivity index (χ2n) is 5.22. The molecule has 1 saturated carbocycles. The zero-order valence-corrected chi connectivity index (χ0v) is 11.3. The molecule has 0 unspecified atom stereocenters. The highest BCUT2D eigenvalue weighted by Crippen LogP contribution is 2.38. The Labute approximate surface area is 117 Å². The minimum atomic E-state index is -0.636. The minimum Gasteiger partial charge on any atom is -0.351 e. The van der Waals surface area contributed by atoms with E-state index in [0.29, 0.717) is 17.9 Å². The second kappa shape index (κ2) is 5.92. The van der Waals surface area contributed by atoms with Gasteiger partial charge in [0.2, 0.25) is 5.91 Å². The Bertz CT molecular complexity index is 510. The Balaban J connectivity index is 2.09. The van der Waals surface area contributed by atoms with Crippen molar-refractivity contribution in [3.8, 4) is 0 Å². The van der Waals surface area contributed by atoms with Crippen LogP contribution in [0, 0.1) is 5.41 Å². The number of carbonyl (C=O) groups is 2. The van der Waals surface area contributed by atoms with Crippen molar-refractivity contribution in [2.45, 2.75) is 25.7 Å². The van der Waals surface area contributed by atoms with Crippen LogP contribution in [0.3, 0.4) is 0 Å². The number of rotatable bonds is 4. The third-order valence-corrected chi connectivity index (χ3v) is 3.82. The fourth-order valence-corrected chi connectivity index (χ4v) is 2.66. The Morgan fingerprint density at radius 1 is 1.15 bits per heavy atom. The number of amides is 3.